The minimum Gasteiger partial charge on any atom is -0.351 e. The first-order valence-corrected chi connectivity index (χ1v) is 13.9. The molecule has 1 aliphatic carbocycles. The predicted octanol–water partition coefficient (Wildman–Crippen LogP) is 2.79. The molecule has 0 saturated heterocycles. The molecule has 1 aliphatic heterocycles. The van der Waals surface area contributed by atoms with E-state index in [1.807, 2.05) is 25.1 Å². The molecule has 0 radical (unpaired) electrons. The fraction of sp³-hybridized carbons (Fsp3) is 0.586. The number of hydrogen-bond acceptors (Lipinski definition) is 6. The van der Waals surface area contributed by atoms with Crippen LogP contribution in [0.25, 0.3) is 0 Å². The molecule has 2 aromatic rings. The van der Waals surface area contributed by atoms with Crippen LogP contribution in [-0.4, -0.2) is 48.7 Å². The van der Waals surface area contributed by atoms with Crippen LogP contribution in [0, 0.1) is 0 Å². The molecular formula is C29H44N6O. The molecule has 1 fully saturated rings. The van der Waals surface area contributed by atoms with Crippen LogP contribution in [0.2, 0.25) is 0 Å². The fourth-order valence-electron chi connectivity index (χ4n) is 5.19. The van der Waals surface area contributed by atoms with E-state index in [2.05, 4.69) is 49.8 Å². The fourth-order valence-corrected chi connectivity index (χ4v) is 5.19. The average Bonchev–Trinajstić information content (AvgIpc) is 2.93. The largest absolute Gasteiger partial charge is 0.351 e. The van der Waals surface area contributed by atoms with Crippen molar-refractivity contribution in [1.82, 2.24) is 31.6 Å². The number of carbonyl (C=O) groups is 1. The number of carbonyl (C=O) groups excluding carboxylic acids is 1. The maximum atomic E-state index is 12.5. The van der Waals surface area contributed by atoms with Gasteiger partial charge < -0.3 is 26.6 Å². The highest BCUT2D eigenvalue weighted by molar-refractivity contribution is 5.81. The number of rotatable bonds is 13. The lowest BCUT2D eigenvalue weighted by molar-refractivity contribution is -0.122. The molecule has 36 heavy (non-hydrogen) atoms. The molecule has 1 unspecified atom stereocenters. The Bertz CT molecular complexity index is 931. The number of amides is 1. The van der Waals surface area contributed by atoms with Crippen LogP contribution in [0.3, 0.4) is 0 Å². The van der Waals surface area contributed by atoms with Crippen LogP contribution in [0.4, 0.5) is 0 Å². The van der Waals surface area contributed by atoms with Crippen molar-refractivity contribution < 1.29 is 4.79 Å². The molecule has 1 amide bonds. The topological polar surface area (TPSA) is 90.1 Å². The summed E-state index contributed by atoms with van der Waals surface area (Å²) in [6.45, 7) is 7.08. The molecular weight excluding hydrogens is 448 g/mol. The number of aromatic nitrogens is 1. The zero-order valence-electron chi connectivity index (χ0n) is 21.8. The normalized spacial score (nSPS) is 19.0. The van der Waals surface area contributed by atoms with Gasteiger partial charge in [0.1, 0.15) is 0 Å². The SMILES string of the molecule is C[C@H](NCc1ccccn1)C(=O)NCc1ccc2c(c1)CNC(CNCCCNC1CCCCC1)C2. The first-order valence-electron chi connectivity index (χ1n) is 13.9. The summed E-state index contributed by atoms with van der Waals surface area (Å²) in [5, 5.41) is 17.3. The van der Waals surface area contributed by atoms with Crippen molar-refractivity contribution in [3.63, 3.8) is 0 Å². The molecule has 2 atom stereocenters. The van der Waals surface area contributed by atoms with E-state index in [0.29, 0.717) is 19.1 Å². The molecule has 1 aromatic heterocycles. The highest BCUT2D eigenvalue weighted by Gasteiger charge is 2.18. The van der Waals surface area contributed by atoms with E-state index in [1.165, 1.54) is 49.7 Å². The van der Waals surface area contributed by atoms with E-state index in [0.717, 1.165) is 49.9 Å². The third kappa shape index (κ3) is 8.66. The third-order valence-corrected chi connectivity index (χ3v) is 7.45. The maximum Gasteiger partial charge on any atom is 0.237 e. The van der Waals surface area contributed by atoms with Crippen molar-refractivity contribution in [2.24, 2.45) is 0 Å². The Kier molecular flexibility index (Phi) is 10.7. The van der Waals surface area contributed by atoms with E-state index in [9.17, 15) is 4.79 Å². The minimum absolute atomic E-state index is 0.00172. The van der Waals surface area contributed by atoms with Gasteiger partial charge in [-0.2, -0.15) is 0 Å². The Morgan fingerprint density at radius 1 is 1.08 bits per heavy atom. The van der Waals surface area contributed by atoms with Crippen molar-refractivity contribution >= 4 is 5.91 Å². The Labute approximate surface area is 216 Å². The Hall–Kier alpha value is -2.32. The summed E-state index contributed by atoms with van der Waals surface area (Å²) in [6.07, 6.45) is 10.9. The summed E-state index contributed by atoms with van der Waals surface area (Å²) in [5.74, 6) is 0.00172. The van der Waals surface area contributed by atoms with Crippen LogP contribution in [-0.2, 0) is 30.8 Å². The lowest BCUT2D eigenvalue weighted by Gasteiger charge is -2.27. The van der Waals surface area contributed by atoms with Gasteiger partial charge in [-0.3, -0.25) is 9.78 Å². The summed E-state index contributed by atoms with van der Waals surface area (Å²) >= 11 is 0. The van der Waals surface area contributed by atoms with E-state index >= 15 is 0 Å². The molecule has 2 heterocycles. The highest BCUT2D eigenvalue weighted by Crippen LogP contribution is 2.19. The third-order valence-electron chi connectivity index (χ3n) is 7.45. The van der Waals surface area contributed by atoms with Crippen molar-refractivity contribution in [3.8, 4) is 0 Å². The summed E-state index contributed by atoms with van der Waals surface area (Å²) in [6, 6.07) is 13.4. The Balaban J connectivity index is 1.11. The van der Waals surface area contributed by atoms with E-state index in [1.54, 1.807) is 6.20 Å². The molecule has 7 heteroatoms. The van der Waals surface area contributed by atoms with Crippen molar-refractivity contribution in [3.05, 3.63) is 65.0 Å². The van der Waals surface area contributed by atoms with Crippen LogP contribution in [0.5, 0.6) is 0 Å². The Morgan fingerprint density at radius 3 is 2.81 bits per heavy atom. The van der Waals surface area contributed by atoms with Gasteiger partial charge in [-0.25, -0.2) is 0 Å². The smallest absolute Gasteiger partial charge is 0.237 e. The van der Waals surface area contributed by atoms with Gasteiger partial charge in [0.15, 0.2) is 0 Å². The number of hydrogen-bond donors (Lipinski definition) is 5. The lowest BCUT2D eigenvalue weighted by atomic mass is 9.94. The number of nitrogens with zero attached hydrogens (tertiary/aromatic N) is 1. The number of nitrogens with one attached hydrogen (secondary N) is 5. The molecule has 0 spiro atoms. The molecule has 7 nitrogen and oxygen atoms in total. The number of fused-ring (bicyclic) bond motifs is 1. The van der Waals surface area contributed by atoms with Gasteiger partial charge in [-0.05, 0) is 74.5 Å². The zero-order chi connectivity index (χ0) is 25.0. The van der Waals surface area contributed by atoms with Gasteiger partial charge >= 0.3 is 0 Å². The maximum absolute atomic E-state index is 12.5. The lowest BCUT2D eigenvalue weighted by Crippen LogP contribution is -2.43. The molecule has 196 valence electrons. The summed E-state index contributed by atoms with van der Waals surface area (Å²) in [7, 11) is 0. The van der Waals surface area contributed by atoms with Crippen LogP contribution >= 0.6 is 0 Å². The van der Waals surface area contributed by atoms with E-state index in [4.69, 9.17) is 0 Å². The van der Waals surface area contributed by atoms with E-state index < -0.39 is 0 Å². The highest BCUT2D eigenvalue weighted by atomic mass is 16.2. The van der Waals surface area contributed by atoms with Gasteiger partial charge in [0, 0.05) is 44.5 Å². The summed E-state index contributed by atoms with van der Waals surface area (Å²) in [5.41, 5.74) is 4.83. The van der Waals surface area contributed by atoms with Crippen molar-refractivity contribution in [1.29, 1.82) is 0 Å². The van der Waals surface area contributed by atoms with Crippen LogP contribution in [0.15, 0.2) is 42.6 Å². The van der Waals surface area contributed by atoms with E-state index in [-0.39, 0.29) is 11.9 Å². The summed E-state index contributed by atoms with van der Waals surface area (Å²) < 4.78 is 0. The number of pyridine rings is 1. The van der Waals surface area contributed by atoms with Gasteiger partial charge in [0.2, 0.25) is 5.91 Å². The van der Waals surface area contributed by atoms with Crippen LogP contribution in [0.1, 0.15) is 67.8 Å². The zero-order valence-corrected chi connectivity index (χ0v) is 21.8. The second-order valence-corrected chi connectivity index (χ2v) is 10.4. The molecule has 4 rings (SSSR count). The molecule has 5 N–H and O–H groups in total. The van der Waals surface area contributed by atoms with Crippen molar-refractivity contribution in [2.75, 3.05) is 19.6 Å². The predicted molar refractivity (Wildman–Crippen MR) is 146 cm³/mol. The number of benzene rings is 1. The average molecular weight is 493 g/mol. The molecule has 1 saturated carbocycles. The molecule has 0 bridgehead atoms. The van der Waals surface area contributed by atoms with Gasteiger partial charge in [-0.15, -0.1) is 0 Å². The Morgan fingerprint density at radius 2 is 1.97 bits per heavy atom. The monoisotopic (exact) mass is 492 g/mol. The quantitative estimate of drug-likeness (QED) is 0.276. The minimum atomic E-state index is -0.275. The second kappa shape index (κ2) is 14.4. The van der Waals surface area contributed by atoms with Gasteiger partial charge in [0.05, 0.1) is 11.7 Å². The standard InChI is InChI=1S/C29H44N6O/c1-22(33-21-27-10-5-6-14-32-27)29(36)35-18-23-11-12-24-17-28(34-19-25(24)16-23)20-30-13-7-15-31-26-8-3-2-4-9-26/h5-6,10-12,14,16,22,26,28,30-31,33-34H,2-4,7-9,13,15,17-21H2,1H3,(H,35,36)/t22-,28?/m0/s1. The molecule has 2 aliphatic rings. The first-order chi connectivity index (χ1) is 17.7. The van der Waals surface area contributed by atoms with Gasteiger partial charge in [-0.1, -0.05) is 43.5 Å². The second-order valence-electron chi connectivity index (χ2n) is 10.4. The summed E-state index contributed by atoms with van der Waals surface area (Å²) in [4.78, 5) is 16.8. The molecule has 1 aromatic carbocycles. The first kappa shape index (κ1) is 26.7. The van der Waals surface area contributed by atoms with Gasteiger partial charge in [0.25, 0.3) is 0 Å². The van der Waals surface area contributed by atoms with Crippen LogP contribution < -0.4 is 26.6 Å². The van der Waals surface area contributed by atoms with Crippen molar-refractivity contribution in [2.45, 2.75) is 89.6 Å².